The average Bonchev–Trinajstić information content (AvgIpc) is 2.73. The van der Waals surface area contributed by atoms with Crippen molar-refractivity contribution in [2.45, 2.75) is 39.2 Å². The fraction of sp³-hybridized carbons (Fsp3) is 0.391. The summed E-state index contributed by atoms with van der Waals surface area (Å²) in [6, 6.07) is 12.5. The first kappa shape index (κ1) is 20.8. The molecule has 3 rings (SSSR count). The highest BCUT2D eigenvalue weighted by Gasteiger charge is 2.26. The first-order valence-corrected chi connectivity index (χ1v) is 10.2. The lowest BCUT2D eigenvalue weighted by molar-refractivity contribution is -0.118. The monoisotopic (exact) mass is 397 g/mol. The summed E-state index contributed by atoms with van der Waals surface area (Å²) < 4.78 is 13.9. The molecule has 0 aromatic heterocycles. The molecule has 0 aliphatic carbocycles. The molecule has 2 aromatic carbocycles. The summed E-state index contributed by atoms with van der Waals surface area (Å²) in [5.41, 5.74) is 1.75. The lowest BCUT2D eigenvalue weighted by atomic mass is 10.0. The molecule has 0 radical (unpaired) electrons. The number of carbonyl (C=O) groups is 2. The molecule has 29 heavy (non-hydrogen) atoms. The van der Waals surface area contributed by atoms with Gasteiger partial charge >= 0.3 is 0 Å². The van der Waals surface area contributed by atoms with E-state index in [4.69, 9.17) is 0 Å². The number of nitrogens with zero attached hydrogens (tertiary/aromatic N) is 1. The molecule has 2 aromatic rings. The van der Waals surface area contributed by atoms with E-state index in [1.54, 1.807) is 30.3 Å². The van der Waals surface area contributed by atoms with Crippen molar-refractivity contribution in [2.75, 3.05) is 23.3 Å². The highest BCUT2D eigenvalue weighted by molar-refractivity contribution is 6.02. The number of rotatable bonds is 6. The van der Waals surface area contributed by atoms with Gasteiger partial charge in [-0.15, -0.1) is 0 Å². The SMILES string of the molecule is CC(C)C(NC(=O)c1ccccc1)C(=O)Nc1cc(F)ccc1N1CCCCC1. The van der Waals surface area contributed by atoms with Crippen molar-refractivity contribution in [1.82, 2.24) is 5.32 Å². The molecule has 1 atom stereocenters. The summed E-state index contributed by atoms with van der Waals surface area (Å²) in [5, 5.41) is 5.66. The van der Waals surface area contributed by atoms with Gasteiger partial charge in [-0.1, -0.05) is 32.0 Å². The summed E-state index contributed by atoms with van der Waals surface area (Å²) in [5.74, 6) is -1.20. The van der Waals surface area contributed by atoms with Crippen molar-refractivity contribution in [1.29, 1.82) is 0 Å². The third kappa shape index (κ3) is 5.34. The van der Waals surface area contributed by atoms with Gasteiger partial charge in [-0.05, 0) is 55.5 Å². The van der Waals surface area contributed by atoms with Gasteiger partial charge in [0.2, 0.25) is 5.91 Å². The summed E-state index contributed by atoms with van der Waals surface area (Å²) in [6.07, 6.45) is 3.33. The smallest absolute Gasteiger partial charge is 0.251 e. The molecule has 1 aliphatic rings. The fourth-order valence-electron chi connectivity index (χ4n) is 3.58. The predicted molar refractivity (Wildman–Crippen MR) is 114 cm³/mol. The zero-order chi connectivity index (χ0) is 20.8. The standard InChI is InChI=1S/C23H28FN3O2/c1-16(2)21(26-22(28)17-9-5-3-6-10-17)23(29)25-19-15-18(24)11-12-20(19)27-13-7-4-8-14-27/h3,5-6,9-12,15-16,21H,4,7-8,13-14H2,1-2H3,(H,25,29)(H,26,28). The Morgan fingerprint density at radius 3 is 2.34 bits per heavy atom. The first-order chi connectivity index (χ1) is 14.0. The molecule has 1 heterocycles. The van der Waals surface area contributed by atoms with E-state index in [2.05, 4.69) is 15.5 Å². The number of hydrogen-bond donors (Lipinski definition) is 2. The number of nitrogens with one attached hydrogen (secondary N) is 2. The van der Waals surface area contributed by atoms with Crippen LogP contribution in [0.1, 0.15) is 43.5 Å². The van der Waals surface area contributed by atoms with Crippen molar-refractivity contribution in [2.24, 2.45) is 5.92 Å². The first-order valence-electron chi connectivity index (χ1n) is 10.2. The highest BCUT2D eigenvalue weighted by atomic mass is 19.1. The Labute approximate surface area is 171 Å². The predicted octanol–water partition coefficient (Wildman–Crippen LogP) is 4.21. The highest BCUT2D eigenvalue weighted by Crippen LogP contribution is 2.29. The number of benzene rings is 2. The number of halogens is 1. The minimum absolute atomic E-state index is 0.130. The van der Waals surface area contributed by atoms with Gasteiger partial charge in [0.15, 0.2) is 0 Å². The van der Waals surface area contributed by atoms with Crippen LogP contribution >= 0.6 is 0 Å². The van der Waals surface area contributed by atoms with Gasteiger partial charge < -0.3 is 15.5 Å². The molecule has 0 saturated carbocycles. The second-order valence-corrected chi connectivity index (χ2v) is 7.76. The summed E-state index contributed by atoms with van der Waals surface area (Å²) in [7, 11) is 0. The van der Waals surface area contributed by atoms with Gasteiger partial charge in [-0.25, -0.2) is 4.39 Å². The Morgan fingerprint density at radius 2 is 1.69 bits per heavy atom. The van der Waals surface area contributed by atoms with Crippen LogP contribution in [-0.4, -0.2) is 30.9 Å². The number of anilines is 2. The van der Waals surface area contributed by atoms with Crippen LogP contribution < -0.4 is 15.5 Å². The van der Waals surface area contributed by atoms with E-state index in [0.717, 1.165) is 31.6 Å². The largest absolute Gasteiger partial charge is 0.370 e. The molecule has 2 N–H and O–H groups in total. The van der Waals surface area contributed by atoms with Crippen LogP contribution in [0, 0.1) is 11.7 Å². The molecule has 5 nitrogen and oxygen atoms in total. The van der Waals surface area contributed by atoms with Crippen molar-refractivity contribution in [3.63, 3.8) is 0 Å². The second-order valence-electron chi connectivity index (χ2n) is 7.76. The van der Waals surface area contributed by atoms with E-state index in [-0.39, 0.29) is 17.7 Å². The molecule has 0 bridgehead atoms. The van der Waals surface area contributed by atoms with Crippen LogP contribution in [0.5, 0.6) is 0 Å². The fourth-order valence-corrected chi connectivity index (χ4v) is 3.58. The van der Waals surface area contributed by atoms with Crippen molar-refractivity contribution < 1.29 is 14.0 Å². The topological polar surface area (TPSA) is 61.4 Å². The van der Waals surface area contributed by atoms with Crippen LogP contribution in [0.2, 0.25) is 0 Å². The number of amides is 2. The Bertz CT molecular complexity index is 848. The van der Waals surface area contributed by atoms with Crippen molar-refractivity contribution in [3.05, 3.63) is 59.9 Å². The van der Waals surface area contributed by atoms with Gasteiger partial charge in [0.1, 0.15) is 11.9 Å². The Morgan fingerprint density at radius 1 is 1.00 bits per heavy atom. The van der Waals surface area contributed by atoms with Gasteiger partial charge in [-0.3, -0.25) is 9.59 Å². The van der Waals surface area contributed by atoms with E-state index >= 15 is 0 Å². The van der Waals surface area contributed by atoms with Crippen molar-refractivity contribution >= 4 is 23.2 Å². The molecule has 1 aliphatic heterocycles. The second kappa shape index (κ2) is 9.54. The van der Waals surface area contributed by atoms with E-state index < -0.39 is 11.9 Å². The van der Waals surface area contributed by atoms with Crippen molar-refractivity contribution in [3.8, 4) is 0 Å². The molecule has 154 valence electrons. The third-order valence-corrected chi connectivity index (χ3v) is 5.18. The molecular weight excluding hydrogens is 369 g/mol. The van der Waals surface area contributed by atoms with Crippen LogP contribution in [0.4, 0.5) is 15.8 Å². The average molecular weight is 397 g/mol. The zero-order valence-corrected chi connectivity index (χ0v) is 17.0. The van der Waals surface area contributed by atoms with Gasteiger partial charge in [-0.2, -0.15) is 0 Å². The molecule has 1 fully saturated rings. The molecule has 1 unspecified atom stereocenters. The summed E-state index contributed by atoms with van der Waals surface area (Å²) in [6.45, 7) is 5.50. The van der Waals surface area contributed by atoms with Crippen LogP contribution in [-0.2, 0) is 4.79 Å². The number of hydrogen-bond acceptors (Lipinski definition) is 3. The Hall–Kier alpha value is -2.89. The molecule has 0 spiro atoms. The maximum atomic E-state index is 13.9. The molecule has 6 heteroatoms. The van der Waals surface area contributed by atoms with Gasteiger partial charge in [0.05, 0.1) is 11.4 Å². The minimum Gasteiger partial charge on any atom is -0.370 e. The number of piperidine rings is 1. The van der Waals surface area contributed by atoms with E-state index in [9.17, 15) is 14.0 Å². The lowest BCUT2D eigenvalue weighted by Gasteiger charge is -2.31. The maximum absolute atomic E-state index is 13.9. The molecule has 2 amide bonds. The summed E-state index contributed by atoms with van der Waals surface area (Å²) in [4.78, 5) is 27.7. The van der Waals surface area contributed by atoms with E-state index in [0.29, 0.717) is 11.3 Å². The van der Waals surface area contributed by atoms with Crippen LogP contribution in [0.15, 0.2) is 48.5 Å². The maximum Gasteiger partial charge on any atom is 0.251 e. The van der Waals surface area contributed by atoms with Crippen LogP contribution in [0.25, 0.3) is 0 Å². The zero-order valence-electron chi connectivity index (χ0n) is 17.0. The van der Waals surface area contributed by atoms with Crippen LogP contribution in [0.3, 0.4) is 0 Å². The third-order valence-electron chi connectivity index (χ3n) is 5.18. The molecular formula is C23H28FN3O2. The molecule has 1 saturated heterocycles. The lowest BCUT2D eigenvalue weighted by Crippen LogP contribution is -2.47. The van der Waals surface area contributed by atoms with E-state index in [1.807, 2.05) is 19.9 Å². The van der Waals surface area contributed by atoms with E-state index in [1.165, 1.54) is 18.6 Å². The van der Waals surface area contributed by atoms with Gasteiger partial charge in [0.25, 0.3) is 5.91 Å². The minimum atomic E-state index is -0.736. The van der Waals surface area contributed by atoms with Gasteiger partial charge in [0, 0.05) is 18.7 Å². The normalized spacial score (nSPS) is 15.1. The Balaban J connectivity index is 1.77. The quantitative estimate of drug-likeness (QED) is 0.768. The summed E-state index contributed by atoms with van der Waals surface area (Å²) >= 11 is 0. The number of carbonyl (C=O) groups excluding carboxylic acids is 2. The Kier molecular flexibility index (Phi) is 6.86.